The second-order valence-corrected chi connectivity index (χ2v) is 5.67. The van der Waals surface area contributed by atoms with Crippen molar-refractivity contribution in [3.63, 3.8) is 0 Å². The van der Waals surface area contributed by atoms with Crippen molar-refractivity contribution in [1.29, 1.82) is 0 Å². The molecule has 1 aliphatic heterocycles. The van der Waals surface area contributed by atoms with Crippen LogP contribution in [0.2, 0.25) is 0 Å². The summed E-state index contributed by atoms with van der Waals surface area (Å²) in [5, 5.41) is 10.4. The summed E-state index contributed by atoms with van der Waals surface area (Å²) in [6.45, 7) is 0.439. The molecule has 1 atom stereocenters. The number of aromatic nitrogens is 2. The number of rotatable bonds is 1. The number of nitrogens with one attached hydrogen (secondary N) is 2. The summed E-state index contributed by atoms with van der Waals surface area (Å²) < 4.78 is 13.6. The second kappa shape index (κ2) is 6.77. The third-order valence-electron chi connectivity index (χ3n) is 3.81. The minimum absolute atomic E-state index is 0.249. The first-order valence-electron chi connectivity index (χ1n) is 7.82. The molecule has 0 amide bonds. The second-order valence-electron chi connectivity index (χ2n) is 5.67. The molecule has 8 heteroatoms. The average molecular weight is 330 g/mol. The maximum absolute atomic E-state index is 13.6. The van der Waals surface area contributed by atoms with Crippen molar-refractivity contribution >= 4 is 28.6 Å². The Hall–Kier alpha value is -2.77. The van der Waals surface area contributed by atoms with E-state index in [0.717, 1.165) is 6.34 Å². The molecule has 1 fully saturated rings. The van der Waals surface area contributed by atoms with E-state index in [-0.39, 0.29) is 11.3 Å². The minimum Gasteiger partial charge on any atom is -0.390 e. The van der Waals surface area contributed by atoms with Crippen LogP contribution in [0.3, 0.4) is 0 Å². The summed E-state index contributed by atoms with van der Waals surface area (Å²) in [5.74, 6) is -0.261. The van der Waals surface area contributed by atoms with E-state index in [1.54, 1.807) is 7.05 Å². The van der Waals surface area contributed by atoms with E-state index in [9.17, 15) is 9.18 Å². The van der Waals surface area contributed by atoms with Crippen molar-refractivity contribution in [2.24, 2.45) is 15.7 Å². The maximum atomic E-state index is 13.6. The Kier molecular flexibility index (Phi) is 4.54. The van der Waals surface area contributed by atoms with Crippen molar-refractivity contribution in [3.8, 4) is 0 Å². The molecule has 2 heterocycles. The normalized spacial score (nSPS) is 18.9. The van der Waals surface area contributed by atoms with Crippen LogP contribution in [-0.4, -0.2) is 36.0 Å². The van der Waals surface area contributed by atoms with Gasteiger partial charge in [-0.05, 0) is 12.1 Å². The van der Waals surface area contributed by atoms with Crippen LogP contribution in [0.4, 0.5) is 10.1 Å². The third kappa shape index (κ3) is 3.12. The summed E-state index contributed by atoms with van der Waals surface area (Å²) in [7, 11) is 1.60. The summed E-state index contributed by atoms with van der Waals surface area (Å²) in [6, 6.07) is 2.54. The number of hydrogen-bond donors (Lipinski definition) is 3. The lowest BCUT2D eigenvalue weighted by molar-refractivity contribution is 0.629. The lowest BCUT2D eigenvalue weighted by atomic mass is 9.94. The Bertz CT molecular complexity index is 868. The van der Waals surface area contributed by atoms with Gasteiger partial charge in [-0.2, -0.15) is 5.10 Å². The van der Waals surface area contributed by atoms with Crippen molar-refractivity contribution in [2.45, 2.75) is 25.2 Å². The van der Waals surface area contributed by atoms with Crippen molar-refractivity contribution in [2.75, 3.05) is 18.9 Å². The molecule has 7 nitrogen and oxygen atoms in total. The number of anilines is 1. The topological polar surface area (TPSA) is 109 Å². The number of aromatic amines is 1. The zero-order chi connectivity index (χ0) is 17.1. The van der Waals surface area contributed by atoms with Crippen molar-refractivity contribution < 1.29 is 4.39 Å². The Morgan fingerprint density at radius 3 is 2.79 bits per heavy atom. The van der Waals surface area contributed by atoms with Gasteiger partial charge in [0.15, 0.2) is 0 Å². The van der Waals surface area contributed by atoms with Crippen LogP contribution >= 0.6 is 0 Å². The molecule has 0 spiro atoms. The number of amidine groups is 1. The highest BCUT2D eigenvalue weighted by atomic mass is 19.1. The van der Waals surface area contributed by atoms with Crippen LogP contribution in [0, 0.1) is 5.82 Å². The number of nitrogens with two attached hydrogens (primary N) is 1. The van der Waals surface area contributed by atoms with Gasteiger partial charge in [-0.1, -0.05) is 19.3 Å². The molecule has 1 saturated carbocycles. The summed E-state index contributed by atoms with van der Waals surface area (Å²) >= 11 is 0. The number of hydrogen-bond acceptors (Lipinski definition) is 4. The fraction of sp³-hybridized carbons (Fsp3) is 0.375. The van der Waals surface area contributed by atoms with Crippen molar-refractivity contribution in [3.05, 3.63) is 34.0 Å². The van der Waals surface area contributed by atoms with Gasteiger partial charge in [-0.15, -0.1) is 0 Å². The van der Waals surface area contributed by atoms with E-state index >= 15 is 0 Å². The van der Waals surface area contributed by atoms with Crippen LogP contribution in [0.1, 0.15) is 30.9 Å². The zero-order valence-electron chi connectivity index (χ0n) is 13.3. The van der Waals surface area contributed by atoms with Crippen LogP contribution < -0.4 is 16.6 Å². The first-order valence-corrected chi connectivity index (χ1v) is 7.82. The fourth-order valence-corrected chi connectivity index (χ4v) is 2.58. The smallest absolute Gasteiger partial charge is 0.272 e. The highest BCUT2D eigenvalue weighted by Crippen LogP contribution is 2.34. The van der Waals surface area contributed by atoms with E-state index in [2.05, 4.69) is 25.5 Å². The standard InChI is InChI=1S/C13H13FN6O.C3H6/c1-16-12(18-5-15)8-4-17-9-3-6(14)2-7-10(9)11(8)19-20-13(7)21;1-2-3-1/h2-3,5,8,17H,4H2,1H3,(H,20,21)(H2,15,16,18);1-3H2. The van der Waals surface area contributed by atoms with E-state index in [1.165, 1.54) is 31.4 Å². The summed E-state index contributed by atoms with van der Waals surface area (Å²) in [6.07, 6.45) is 5.66. The Morgan fingerprint density at radius 2 is 2.17 bits per heavy atom. The molecule has 4 rings (SSSR count). The Balaban J connectivity index is 0.000000508. The Morgan fingerprint density at radius 1 is 1.42 bits per heavy atom. The molecule has 1 unspecified atom stereocenters. The number of halogens is 1. The van der Waals surface area contributed by atoms with E-state index in [4.69, 9.17) is 5.73 Å². The van der Waals surface area contributed by atoms with Crippen LogP contribution in [0.25, 0.3) is 10.8 Å². The number of benzene rings is 1. The van der Waals surface area contributed by atoms with Gasteiger partial charge < -0.3 is 11.1 Å². The molecule has 126 valence electrons. The highest BCUT2D eigenvalue weighted by molar-refractivity contribution is 6.03. The molecule has 0 saturated heterocycles. The predicted octanol–water partition coefficient (Wildman–Crippen LogP) is 1.76. The van der Waals surface area contributed by atoms with E-state index in [0.29, 0.717) is 29.1 Å². The summed E-state index contributed by atoms with van der Waals surface area (Å²) in [4.78, 5) is 20.0. The first kappa shape index (κ1) is 16.1. The molecular weight excluding hydrogens is 311 g/mol. The molecule has 24 heavy (non-hydrogen) atoms. The van der Waals surface area contributed by atoms with E-state index < -0.39 is 11.4 Å². The molecule has 1 aromatic carbocycles. The predicted molar refractivity (Wildman–Crippen MR) is 93.4 cm³/mol. The average Bonchev–Trinajstić information content (AvgIpc) is 3.45. The lowest BCUT2D eigenvalue weighted by Gasteiger charge is -2.25. The molecule has 0 bridgehead atoms. The van der Waals surface area contributed by atoms with Gasteiger partial charge in [0.2, 0.25) is 0 Å². The van der Waals surface area contributed by atoms with Gasteiger partial charge >= 0.3 is 0 Å². The van der Waals surface area contributed by atoms with Crippen LogP contribution in [0.5, 0.6) is 0 Å². The highest BCUT2D eigenvalue weighted by Gasteiger charge is 2.28. The maximum Gasteiger partial charge on any atom is 0.272 e. The van der Waals surface area contributed by atoms with Gasteiger partial charge in [0, 0.05) is 24.7 Å². The minimum atomic E-state index is -0.476. The molecule has 1 aliphatic carbocycles. The number of H-pyrrole nitrogens is 1. The molecule has 2 aromatic rings. The van der Waals surface area contributed by atoms with Gasteiger partial charge in [-0.25, -0.2) is 14.5 Å². The van der Waals surface area contributed by atoms with Gasteiger partial charge in [0.05, 0.1) is 23.3 Å². The molecule has 2 aliphatic rings. The quantitative estimate of drug-likeness (QED) is 0.547. The SMILES string of the molecule is C1CC1.CN=C(N=CN)C1CNc2cc(F)cc3c(=O)[nH]nc1c23. The molecule has 1 aromatic heterocycles. The lowest BCUT2D eigenvalue weighted by Crippen LogP contribution is -2.28. The summed E-state index contributed by atoms with van der Waals surface area (Å²) in [5.41, 5.74) is 6.04. The van der Waals surface area contributed by atoms with Crippen LogP contribution in [0.15, 0.2) is 26.9 Å². The fourth-order valence-electron chi connectivity index (χ4n) is 2.58. The van der Waals surface area contributed by atoms with E-state index in [1.807, 2.05) is 0 Å². The molecule has 0 radical (unpaired) electrons. The largest absolute Gasteiger partial charge is 0.390 e. The Labute approximate surface area is 137 Å². The zero-order valence-corrected chi connectivity index (χ0v) is 13.3. The van der Waals surface area contributed by atoms with Gasteiger partial charge in [0.25, 0.3) is 5.56 Å². The molecule has 4 N–H and O–H groups in total. The number of nitrogens with zero attached hydrogens (tertiary/aromatic N) is 3. The van der Waals surface area contributed by atoms with Gasteiger partial charge in [0.1, 0.15) is 11.7 Å². The van der Waals surface area contributed by atoms with Crippen molar-refractivity contribution in [1.82, 2.24) is 10.2 Å². The van der Waals surface area contributed by atoms with Crippen LogP contribution in [-0.2, 0) is 0 Å². The number of aliphatic imine (C=N–C) groups is 2. The first-order chi connectivity index (χ1) is 11.7. The monoisotopic (exact) mass is 330 g/mol. The third-order valence-corrected chi connectivity index (χ3v) is 3.81. The van der Waals surface area contributed by atoms with Gasteiger partial charge in [-0.3, -0.25) is 9.79 Å². The molecular formula is C16H19FN6O.